The van der Waals surface area contributed by atoms with Crippen molar-refractivity contribution in [1.29, 1.82) is 5.26 Å². The maximum Gasteiger partial charge on any atom is 0.211 e. The molecule has 0 N–H and O–H groups in total. The van der Waals surface area contributed by atoms with Gasteiger partial charge in [0.15, 0.2) is 0 Å². The molecule has 0 aromatic carbocycles. The lowest BCUT2D eigenvalue weighted by Gasteiger charge is -2.34. The third-order valence-corrected chi connectivity index (χ3v) is 4.22. The number of pyridine rings is 1. The van der Waals surface area contributed by atoms with Crippen molar-refractivity contribution in [1.82, 2.24) is 9.29 Å². The van der Waals surface area contributed by atoms with E-state index in [4.69, 9.17) is 5.26 Å². The van der Waals surface area contributed by atoms with Crippen molar-refractivity contribution in [2.24, 2.45) is 0 Å². The number of aromatic nitrogens is 1. The molecule has 96 valence electrons. The van der Waals surface area contributed by atoms with Gasteiger partial charge in [0, 0.05) is 32.4 Å². The molecule has 0 saturated carbocycles. The summed E-state index contributed by atoms with van der Waals surface area (Å²) in [6.45, 7) is 1.97. The van der Waals surface area contributed by atoms with Gasteiger partial charge in [-0.15, -0.1) is 0 Å². The predicted molar refractivity (Wildman–Crippen MR) is 67.6 cm³/mol. The number of nitrogens with zero attached hydrogens (tertiary/aromatic N) is 4. The van der Waals surface area contributed by atoms with E-state index in [-0.39, 0.29) is 0 Å². The zero-order chi connectivity index (χ0) is 13.2. The van der Waals surface area contributed by atoms with Crippen molar-refractivity contribution in [3.05, 3.63) is 23.9 Å². The van der Waals surface area contributed by atoms with Crippen molar-refractivity contribution < 1.29 is 8.42 Å². The second-order valence-corrected chi connectivity index (χ2v) is 6.12. The minimum atomic E-state index is -3.13. The molecule has 1 aliphatic rings. The van der Waals surface area contributed by atoms with Crippen molar-refractivity contribution in [2.75, 3.05) is 37.3 Å². The summed E-state index contributed by atoms with van der Waals surface area (Å²) < 4.78 is 24.2. The second-order valence-electron chi connectivity index (χ2n) is 4.14. The molecule has 2 heterocycles. The molecule has 1 aromatic rings. The maximum absolute atomic E-state index is 11.4. The van der Waals surface area contributed by atoms with Gasteiger partial charge in [-0.25, -0.2) is 13.4 Å². The van der Waals surface area contributed by atoms with Gasteiger partial charge in [0.25, 0.3) is 0 Å². The maximum atomic E-state index is 11.4. The van der Waals surface area contributed by atoms with Gasteiger partial charge in [0.2, 0.25) is 10.0 Å². The highest BCUT2D eigenvalue weighted by Crippen LogP contribution is 2.18. The third kappa shape index (κ3) is 2.60. The van der Waals surface area contributed by atoms with E-state index >= 15 is 0 Å². The molecule has 0 aliphatic carbocycles. The summed E-state index contributed by atoms with van der Waals surface area (Å²) in [5, 5.41) is 9.01. The Morgan fingerprint density at radius 1 is 1.33 bits per heavy atom. The molecular formula is C11H14N4O2S. The highest BCUT2D eigenvalue weighted by Gasteiger charge is 2.24. The van der Waals surface area contributed by atoms with Crippen LogP contribution in [0.3, 0.4) is 0 Å². The van der Waals surface area contributed by atoms with Crippen LogP contribution in [-0.4, -0.2) is 50.1 Å². The first kappa shape index (κ1) is 12.8. The molecule has 0 amide bonds. The van der Waals surface area contributed by atoms with Gasteiger partial charge in [0.05, 0.1) is 11.8 Å². The van der Waals surface area contributed by atoms with Gasteiger partial charge in [-0.05, 0) is 12.1 Å². The zero-order valence-corrected chi connectivity index (χ0v) is 10.9. The van der Waals surface area contributed by atoms with E-state index in [1.807, 2.05) is 4.90 Å². The first-order chi connectivity index (χ1) is 8.52. The SMILES string of the molecule is CS(=O)(=O)N1CCN(c2ncccc2C#N)CC1. The smallest absolute Gasteiger partial charge is 0.211 e. The molecule has 1 fully saturated rings. The van der Waals surface area contributed by atoms with Crippen LogP contribution >= 0.6 is 0 Å². The zero-order valence-electron chi connectivity index (χ0n) is 10.1. The lowest BCUT2D eigenvalue weighted by Crippen LogP contribution is -2.48. The molecule has 2 rings (SSSR count). The van der Waals surface area contributed by atoms with E-state index in [1.54, 1.807) is 18.3 Å². The van der Waals surface area contributed by atoms with Crippen LogP contribution in [0.1, 0.15) is 5.56 Å². The summed E-state index contributed by atoms with van der Waals surface area (Å²) in [7, 11) is -3.13. The number of nitriles is 1. The third-order valence-electron chi connectivity index (χ3n) is 2.91. The number of rotatable bonds is 2. The fraction of sp³-hybridized carbons (Fsp3) is 0.455. The average Bonchev–Trinajstić information content (AvgIpc) is 2.38. The number of hydrogen-bond acceptors (Lipinski definition) is 5. The Labute approximate surface area is 107 Å². The molecule has 1 saturated heterocycles. The summed E-state index contributed by atoms with van der Waals surface area (Å²) in [6.07, 6.45) is 2.85. The Bertz CT molecular complexity index is 571. The van der Waals surface area contributed by atoms with Gasteiger partial charge in [0.1, 0.15) is 11.9 Å². The Kier molecular flexibility index (Phi) is 3.50. The Morgan fingerprint density at radius 2 is 2.00 bits per heavy atom. The number of piperazine rings is 1. The minimum absolute atomic E-state index is 0.431. The van der Waals surface area contributed by atoms with Crippen LogP contribution in [0.2, 0.25) is 0 Å². The second kappa shape index (κ2) is 4.92. The van der Waals surface area contributed by atoms with Crippen LogP contribution in [-0.2, 0) is 10.0 Å². The number of sulfonamides is 1. The molecule has 0 unspecified atom stereocenters. The molecule has 0 bridgehead atoms. The normalized spacial score (nSPS) is 17.4. The Morgan fingerprint density at radius 3 is 2.56 bits per heavy atom. The van der Waals surface area contributed by atoms with Gasteiger partial charge in [-0.3, -0.25) is 0 Å². The summed E-state index contributed by atoms with van der Waals surface area (Å²) in [4.78, 5) is 6.14. The van der Waals surface area contributed by atoms with Crippen molar-refractivity contribution in [3.8, 4) is 6.07 Å². The first-order valence-corrected chi connectivity index (χ1v) is 7.42. The van der Waals surface area contributed by atoms with Gasteiger partial charge in [-0.2, -0.15) is 9.57 Å². The fourth-order valence-corrected chi connectivity index (χ4v) is 2.79. The topological polar surface area (TPSA) is 77.3 Å². The standard InChI is InChI=1S/C11H14N4O2S/c1-18(16,17)15-7-5-14(6-8-15)11-10(9-12)3-2-4-13-11/h2-4H,5-8H2,1H3. The summed E-state index contributed by atoms with van der Waals surface area (Å²) >= 11 is 0. The number of anilines is 1. The van der Waals surface area contributed by atoms with Crippen LogP contribution < -0.4 is 4.90 Å². The minimum Gasteiger partial charge on any atom is -0.353 e. The summed E-state index contributed by atoms with van der Waals surface area (Å²) in [5.41, 5.74) is 0.519. The summed E-state index contributed by atoms with van der Waals surface area (Å²) in [5.74, 6) is 0.633. The molecule has 1 aliphatic heterocycles. The Hall–Kier alpha value is -1.65. The largest absolute Gasteiger partial charge is 0.353 e. The van der Waals surface area contributed by atoms with E-state index in [0.717, 1.165) is 0 Å². The van der Waals surface area contributed by atoms with Crippen molar-refractivity contribution in [2.45, 2.75) is 0 Å². The van der Waals surface area contributed by atoms with Crippen LogP contribution in [0.5, 0.6) is 0 Å². The number of hydrogen-bond donors (Lipinski definition) is 0. The quantitative estimate of drug-likeness (QED) is 0.755. The lowest BCUT2D eigenvalue weighted by molar-refractivity contribution is 0.387. The highest BCUT2D eigenvalue weighted by atomic mass is 32.2. The fourth-order valence-electron chi connectivity index (χ4n) is 1.97. The van der Waals surface area contributed by atoms with Crippen molar-refractivity contribution in [3.63, 3.8) is 0 Å². The van der Waals surface area contributed by atoms with E-state index in [1.165, 1.54) is 10.6 Å². The molecule has 18 heavy (non-hydrogen) atoms. The molecule has 0 atom stereocenters. The van der Waals surface area contributed by atoms with Gasteiger partial charge in [-0.1, -0.05) is 0 Å². The molecule has 7 heteroatoms. The Balaban J connectivity index is 2.13. The molecule has 0 radical (unpaired) electrons. The molecule has 0 spiro atoms. The van der Waals surface area contributed by atoms with Gasteiger partial charge >= 0.3 is 0 Å². The highest BCUT2D eigenvalue weighted by molar-refractivity contribution is 7.88. The predicted octanol–water partition coefficient (Wildman–Crippen LogP) is 0.0349. The van der Waals surface area contributed by atoms with E-state index in [9.17, 15) is 8.42 Å². The monoisotopic (exact) mass is 266 g/mol. The van der Waals surface area contributed by atoms with Crippen LogP contribution in [0, 0.1) is 11.3 Å². The van der Waals surface area contributed by atoms with Crippen LogP contribution in [0.4, 0.5) is 5.82 Å². The molecular weight excluding hydrogens is 252 g/mol. The van der Waals surface area contributed by atoms with E-state index < -0.39 is 10.0 Å². The van der Waals surface area contributed by atoms with E-state index in [2.05, 4.69) is 11.1 Å². The van der Waals surface area contributed by atoms with Crippen LogP contribution in [0.25, 0.3) is 0 Å². The van der Waals surface area contributed by atoms with Crippen molar-refractivity contribution >= 4 is 15.8 Å². The first-order valence-electron chi connectivity index (χ1n) is 5.57. The molecule has 1 aromatic heterocycles. The molecule has 6 nitrogen and oxygen atoms in total. The van der Waals surface area contributed by atoms with E-state index in [0.29, 0.717) is 37.6 Å². The average molecular weight is 266 g/mol. The lowest BCUT2D eigenvalue weighted by atomic mass is 10.2. The van der Waals surface area contributed by atoms with Gasteiger partial charge < -0.3 is 4.90 Å². The van der Waals surface area contributed by atoms with Crippen LogP contribution in [0.15, 0.2) is 18.3 Å². The summed E-state index contributed by atoms with van der Waals surface area (Å²) in [6, 6.07) is 5.53.